The molecular weight excluding hydrogens is 310 g/mol. The van der Waals surface area contributed by atoms with Crippen molar-refractivity contribution in [2.75, 3.05) is 13.1 Å². The fraction of sp³-hybridized carbons (Fsp3) is 0.579. The summed E-state index contributed by atoms with van der Waals surface area (Å²) in [4.78, 5) is 27.0. The highest BCUT2D eigenvalue weighted by atomic mass is 35.5. The van der Waals surface area contributed by atoms with Gasteiger partial charge in [0.25, 0.3) is 0 Å². The Morgan fingerprint density at radius 3 is 2.39 bits per heavy atom. The number of unbranched alkanes of at least 4 members (excludes halogenated alkanes) is 1. The molecule has 1 aliphatic rings. The first-order valence-electron chi connectivity index (χ1n) is 8.69. The van der Waals surface area contributed by atoms with Gasteiger partial charge in [0.2, 0.25) is 5.91 Å². The van der Waals surface area contributed by atoms with Crippen molar-refractivity contribution < 1.29 is 9.59 Å². The minimum atomic E-state index is -0.0121. The molecule has 0 aromatic heterocycles. The van der Waals surface area contributed by atoms with Crippen molar-refractivity contribution in [3.63, 3.8) is 0 Å². The molecule has 0 saturated heterocycles. The molecule has 1 aliphatic carbocycles. The molecule has 0 bridgehead atoms. The van der Waals surface area contributed by atoms with E-state index in [-0.39, 0.29) is 24.2 Å². The van der Waals surface area contributed by atoms with Gasteiger partial charge in [-0.15, -0.1) is 0 Å². The van der Waals surface area contributed by atoms with Gasteiger partial charge in [0, 0.05) is 23.0 Å². The molecule has 1 amide bonds. The summed E-state index contributed by atoms with van der Waals surface area (Å²) in [6.07, 6.45) is 7.37. The van der Waals surface area contributed by atoms with Crippen molar-refractivity contribution in [1.29, 1.82) is 0 Å². The van der Waals surface area contributed by atoms with Gasteiger partial charge in [0.1, 0.15) is 0 Å². The fourth-order valence-electron chi connectivity index (χ4n) is 3.12. The topological polar surface area (TPSA) is 37.4 Å². The Morgan fingerprint density at radius 1 is 1.13 bits per heavy atom. The Labute approximate surface area is 144 Å². The molecule has 0 radical (unpaired) electrons. The standard InChI is InChI=1S/C19H26ClNO2/c1-2-3-13-21(19(23)16-7-5-4-6-8-16)14-18(22)15-9-11-17(20)12-10-15/h9-12,16H,2-8,13-14H2,1H3. The van der Waals surface area contributed by atoms with Crippen LogP contribution >= 0.6 is 11.6 Å². The maximum Gasteiger partial charge on any atom is 0.226 e. The van der Waals surface area contributed by atoms with Crippen molar-refractivity contribution in [1.82, 2.24) is 4.90 Å². The summed E-state index contributed by atoms with van der Waals surface area (Å²) in [7, 11) is 0. The highest BCUT2D eigenvalue weighted by Crippen LogP contribution is 2.25. The third-order valence-corrected chi connectivity index (χ3v) is 4.80. The number of amides is 1. The molecule has 0 spiro atoms. The normalized spacial score (nSPS) is 15.4. The monoisotopic (exact) mass is 335 g/mol. The molecule has 0 N–H and O–H groups in total. The molecule has 126 valence electrons. The van der Waals surface area contributed by atoms with Crippen molar-refractivity contribution >= 4 is 23.3 Å². The van der Waals surface area contributed by atoms with E-state index in [1.54, 1.807) is 29.2 Å². The summed E-state index contributed by atoms with van der Waals surface area (Å²) >= 11 is 5.87. The van der Waals surface area contributed by atoms with Crippen LogP contribution in [0.25, 0.3) is 0 Å². The average molecular weight is 336 g/mol. The second-order valence-electron chi connectivity index (χ2n) is 6.38. The van der Waals surface area contributed by atoms with Crippen molar-refractivity contribution in [3.8, 4) is 0 Å². The molecule has 0 heterocycles. The van der Waals surface area contributed by atoms with Crippen LogP contribution in [0.1, 0.15) is 62.2 Å². The van der Waals surface area contributed by atoms with E-state index in [0.717, 1.165) is 38.5 Å². The Balaban J connectivity index is 2.03. The largest absolute Gasteiger partial charge is 0.335 e. The van der Waals surface area contributed by atoms with Gasteiger partial charge in [-0.25, -0.2) is 0 Å². The van der Waals surface area contributed by atoms with E-state index >= 15 is 0 Å². The van der Waals surface area contributed by atoms with E-state index in [2.05, 4.69) is 6.92 Å². The zero-order valence-corrected chi connectivity index (χ0v) is 14.6. The summed E-state index contributed by atoms with van der Waals surface area (Å²) in [5, 5.41) is 0.614. The molecular formula is C19H26ClNO2. The highest BCUT2D eigenvalue weighted by molar-refractivity contribution is 6.30. The second kappa shape index (κ2) is 9.07. The van der Waals surface area contributed by atoms with Crippen LogP contribution in [0.4, 0.5) is 0 Å². The number of halogens is 1. The predicted molar refractivity (Wildman–Crippen MR) is 93.8 cm³/mol. The number of Topliss-reactive ketones (excluding diaryl/α,β-unsaturated/α-hetero) is 1. The lowest BCUT2D eigenvalue weighted by Gasteiger charge is -2.29. The predicted octanol–water partition coefficient (Wildman–Crippen LogP) is 4.73. The van der Waals surface area contributed by atoms with Crippen LogP contribution in [0.15, 0.2) is 24.3 Å². The smallest absolute Gasteiger partial charge is 0.226 e. The number of ketones is 1. The van der Waals surface area contributed by atoms with Gasteiger partial charge in [0.15, 0.2) is 5.78 Å². The van der Waals surface area contributed by atoms with Gasteiger partial charge >= 0.3 is 0 Å². The Morgan fingerprint density at radius 2 is 1.78 bits per heavy atom. The van der Waals surface area contributed by atoms with Crippen LogP contribution in [0, 0.1) is 5.92 Å². The first-order valence-corrected chi connectivity index (χ1v) is 9.07. The average Bonchev–Trinajstić information content (AvgIpc) is 2.59. The van der Waals surface area contributed by atoms with Gasteiger partial charge < -0.3 is 4.90 Å². The molecule has 0 unspecified atom stereocenters. The lowest BCUT2D eigenvalue weighted by atomic mass is 9.88. The van der Waals surface area contributed by atoms with E-state index in [1.165, 1.54) is 6.42 Å². The summed E-state index contributed by atoms with van der Waals surface area (Å²) in [6.45, 7) is 2.95. The number of benzene rings is 1. The van der Waals surface area contributed by atoms with E-state index in [4.69, 9.17) is 11.6 Å². The third kappa shape index (κ3) is 5.35. The first-order chi connectivity index (χ1) is 11.1. The molecule has 1 aromatic rings. The molecule has 1 aromatic carbocycles. The lowest BCUT2D eigenvalue weighted by Crippen LogP contribution is -2.41. The molecule has 1 saturated carbocycles. The van der Waals surface area contributed by atoms with Gasteiger partial charge in [-0.05, 0) is 43.5 Å². The number of rotatable bonds is 7. The second-order valence-corrected chi connectivity index (χ2v) is 6.81. The zero-order chi connectivity index (χ0) is 16.7. The van der Waals surface area contributed by atoms with Crippen LogP contribution < -0.4 is 0 Å². The molecule has 1 fully saturated rings. The molecule has 2 rings (SSSR count). The summed E-state index contributed by atoms with van der Waals surface area (Å²) < 4.78 is 0. The van der Waals surface area contributed by atoms with E-state index in [0.29, 0.717) is 17.1 Å². The molecule has 4 heteroatoms. The Hall–Kier alpha value is -1.35. The maximum atomic E-state index is 12.8. The van der Waals surface area contributed by atoms with Gasteiger partial charge in [-0.1, -0.05) is 44.2 Å². The number of hydrogen-bond acceptors (Lipinski definition) is 2. The molecule has 0 atom stereocenters. The highest BCUT2D eigenvalue weighted by Gasteiger charge is 2.27. The lowest BCUT2D eigenvalue weighted by molar-refractivity contribution is -0.136. The SMILES string of the molecule is CCCCN(CC(=O)c1ccc(Cl)cc1)C(=O)C1CCCCC1. The summed E-state index contributed by atoms with van der Waals surface area (Å²) in [5.41, 5.74) is 0.618. The minimum Gasteiger partial charge on any atom is -0.335 e. The van der Waals surface area contributed by atoms with Crippen LogP contribution in [-0.2, 0) is 4.79 Å². The zero-order valence-electron chi connectivity index (χ0n) is 13.9. The van der Waals surface area contributed by atoms with E-state index in [1.807, 2.05) is 0 Å². The van der Waals surface area contributed by atoms with Crippen molar-refractivity contribution in [2.45, 2.75) is 51.9 Å². The van der Waals surface area contributed by atoms with Gasteiger partial charge in [-0.2, -0.15) is 0 Å². The van der Waals surface area contributed by atoms with Crippen molar-refractivity contribution in [3.05, 3.63) is 34.9 Å². The minimum absolute atomic E-state index is 0.0121. The molecule has 3 nitrogen and oxygen atoms in total. The third-order valence-electron chi connectivity index (χ3n) is 4.55. The first kappa shape index (κ1) is 18.0. The van der Waals surface area contributed by atoms with Gasteiger partial charge in [-0.3, -0.25) is 9.59 Å². The number of carbonyl (C=O) groups is 2. The van der Waals surface area contributed by atoms with E-state index in [9.17, 15) is 9.59 Å². The number of nitrogens with zero attached hydrogens (tertiary/aromatic N) is 1. The Kier molecular flexibility index (Phi) is 7.10. The fourth-order valence-corrected chi connectivity index (χ4v) is 3.25. The van der Waals surface area contributed by atoms with Crippen molar-refractivity contribution in [2.24, 2.45) is 5.92 Å². The quantitative estimate of drug-likeness (QED) is 0.675. The molecule has 23 heavy (non-hydrogen) atoms. The summed E-state index contributed by atoms with van der Waals surface area (Å²) in [5.74, 6) is 0.265. The van der Waals surface area contributed by atoms with Crippen LogP contribution in [0.3, 0.4) is 0 Å². The van der Waals surface area contributed by atoms with Crippen LogP contribution in [0.5, 0.6) is 0 Å². The van der Waals surface area contributed by atoms with E-state index < -0.39 is 0 Å². The van der Waals surface area contributed by atoms with Gasteiger partial charge in [0.05, 0.1) is 6.54 Å². The Bertz CT molecular complexity index is 521. The maximum absolute atomic E-state index is 12.8. The molecule has 0 aliphatic heterocycles. The summed E-state index contributed by atoms with van der Waals surface area (Å²) in [6, 6.07) is 6.89. The van der Waals surface area contributed by atoms with Crippen LogP contribution in [0.2, 0.25) is 5.02 Å². The number of carbonyl (C=O) groups excluding carboxylic acids is 2. The number of hydrogen-bond donors (Lipinski definition) is 0. The van der Waals surface area contributed by atoms with Crippen LogP contribution in [-0.4, -0.2) is 29.7 Å².